The Hall–Kier alpha value is -0.370. The number of hydrogen-bond donors (Lipinski definition) is 1. The van der Waals surface area contributed by atoms with E-state index in [1.807, 2.05) is 22.6 Å². The van der Waals surface area contributed by atoms with Gasteiger partial charge in [-0.15, -0.1) is 0 Å². The lowest BCUT2D eigenvalue weighted by molar-refractivity contribution is -0.383. The highest BCUT2D eigenvalue weighted by Crippen LogP contribution is 2.29. The third kappa shape index (κ3) is 1.86. The molecule has 0 saturated heterocycles. The number of nitro groups is 1. The van der Waals surface area contributed by atoms with Gasteiger partial charge in [0.05, 0.1) is 4.92 Å². The van der Waals surface area contributed by atoms with Gasteiger partial charge >= 0.3 is 0 Å². The predicted molar refractivity (Wildman–Crippen MR) is 58.4 cm³/mol. The first-order chi connectivity index (χ1) is 5.66. The van der Waals surface area contributed by atoms with Gasteiger partial charge in [0.15, 0.2) is 0 Å². The number of hydrogen-bond acceptors (Lipinski definition) is 3. The molecule has 1 N–H and O–H groups in total. The van der Waals surface area contributed by atoms with E-state index in [1.165, 1.54) is 6.07 Å². The summed E-state index contributed by atoms with van der Waals surface area (Å²) < 4.78 is 3.41. The Labute approximate surface area is 91.0 Å². The van der Waals surface area contributed by atoms with E-state index in [-0.39, 0.29) is 5.69 Å². The third-order valence-electron chi connectivity index (χ3n) is 1.28. The van der Waals surface area contributed by atoms with Crippen LogP contribution in [0.5, 0.6) is 0 Å². The number of anilines is 1. The second-order valence-electron chi connectivity index (χ2n) is 1.99. The molecule has 0 bridgehead atoms. The van der Waals surface area contributed by atoms with E-state index >= 15 is 0 Å². The van der Waals surface area contributed by atoms with Gasteiger partial charge in [-0.3, -0.25) is 10.1 Å². The first kappa shape index (κ1) is 9.72. The van der Waals surface area contributed by atoms with E-state index in [0.29, 0.717) is 5.69 Å². The van der Waals surface area contributed by atoms with E-state index in [2.05, 4.69) is 20.5 Å². The van der Waals surface area contributed by atoms with Gasteiger partial charge in [0.25, 0.3) is 5.69 Å². The van der Waals surface area contributed by atoms with E-state index in [1.54, 1.807) is 12.1 Å². The smallest absolute Gasteiger partial charge is 0.294 e. The van der Waals surface area contributed by atoms with Crippen LogP contribution in [0, 0.1) is 13.7 Å². The number of rotatable bonds is 2. The van der Waals surface area contributed by atoms with Crippen LogP contribution in [0.4, 0.5) is 11.4 Å². The molecule has 0 amide bonds. The van der Waals surface area contributed by atoms with Crippen molar-refractivity contribution < 1.29 is 4.92 Å². The van der Waals surface area contributed by atoms with Crippen LogP contribution in [0.3, 0.4) is 0 Å². The Morgan fingerprint density at radius 3 is 2.67 bits per heavy atom. The predicted octanol–water partition coefficient (Wildman–Crippen LogP) is 2.92. The van der Waals surface area contributed by atoms with E-state index in [4.69, 9.17) is 0 Å². The summed E-state index contributed by atoms with van der Waals surface area (Å²) in [5.41, 5.74) is 0.557. The quantitative estimate of drug-likeness (QED) is 0.389. The lowest BCUT2D eigenvalue weighted by Crippen LogP contribution is -1.94. The van der Waals surface area contributed by atoms with E-state index < -0.39 is 4.92 Å². The SMILES string of the molecule is O=[N+]([O-])c1cccc(I)c1NBr. The maximum atomic E-state index is 10.5. The highest BCUT2D eigenvalue weighted by molar-refractivity contribution is 14.1. The maximum absolute atomic E-state index is 10.5. The molecule has 0 aliphatic heterocycles. The molecule has 0 atom stereocenters. The molecule has 0 radical (unpaired) electrons. The van der Waals surface area contributed by atoms with Crippen LogP contribution in [0.15, 0.2) is 18.2 Å². The van der Waals surface area contributed by atoms with Gasteiger partial charge in [-0.2, -0.15) is 0 Å². The van der Waals surface area contributed by atoms with Crippen LogP contribution in [0.25, 0.3) is 0 Å². The van der Waals surface area contributed by atoms with Gasteiger partial charge < -0.3 is 4.34 Å². The molecule has 1 aromatic rings. The first-order valence-electron chi connectivity index (χ1n) is 2.96. The summed E-state index contributed by atoms with van der Waals surface area (Å²) in [7, 11) is 0. The number of benzene rings is 1. The Kier molecular flexibility index (Phi) is 3.27. The second-order valence-corrected chi connectivity index (χ2v) is 3.54. The minimum atomic E-state index is -0.425. The van der Waals surface area contributed by atoms with Crippen molar-refractivity contribution in [1.29, 1.82) is 0 Å². The van der Waals surface area contributed by atoms with Gasteiger partial charge in [0.2, 0.25) is 0 Å². The zero-order valence-corrected chi connectivity index (χ0v) is 9.50. The summed E-state index contributed by atoms with van der Waals surface area (Å²) in [4.78, 5) is 10.0. The normalized spacial score (nSPS) is 9.50. The molecular formula is C6H4BrIN2O2. The standard InChI is InChI=1S/C6H4BrIN2O2/c7-9-6-4(8)2-1-3-5(6)10(11)12/h1-3,9H. The minimum absolute atomic E-state index is 0.0683. The molecule has 12 heavy (non-hydrogen) atoms. The van der Waals surface area contributed by atoms with Gasteiger partial charge in [0, 0.05) is 25.8 Å². The number of nitrogens with one attached hydrogen (secondary N) is 1. The van der Waals surface area contributed by atoms with Crippen LogP contribution < -0.4 is 4.34 Å². The van der Waals surface area contributed by atoms with Crippen molar-refractivity contribution in [3.63, 3.8) is 0 Å². The monoisotopic (exact) mass is 342 g/mol. The molecule has 64 valence electrons. The number of halogens is 2. The molecule has 6 heteroatoms. The first-order valence-corrected chi connectivity index (χ1v) is 4.83. The highest BCUT2D eigenvalue weighted by Gasteiger charge is 2.14. The topological polar surface area (TPSA) is 55.2 Å². The zero-order chi connectivity index (χ0) is 9.14. The molecular weight excluding hydrogens is 339 g/mol. The summed E-state index contributed by atoms with van der Waals surface area (Å²) in [5.74, 6) is 0. The highest BCUT2D eigenvalue weighted by atomic mass is 127. The minimum Gasteiger partial charge on any atom is -0.316 e. The maximum Gasteiger partial charge on any atom is 0.294 e. The van der Waals surface area contributed by atoms with Crippen molar-refractivity contribution in [2.75, 3.05) is 4.34 Å². The van der Waals surface area contributed by atoms with Gasteiger partial charge in [-0.05, 0) is 28.7 Å². The Morgan fingerprint density at radius 2 is 2.25 bits per heavy atom. The zero-order valence-electron chi connectivity index (χ0n) is 5.75. The fourth-order valence-corrected chi connectivity index (χ4v) is 2.16. The molecule has 0 aliphatic carbocycles. The van der Waals surface area contributed by atoms with Crippen molar-refractivity contribution >= 4 is 50.1 Å². The third-order valence-corrected chi connectivity index (χ3v) is 2.58. The molecule has 0 heterocycles. The fraction of sp³-hybridized carbons (Fsp3) is 0. The van der Waals surface area contributed by atoms with Crippen molar-refractivity contribution in [2.24, 2.45) is 0 Å². The molecule has 0 fully saturated rings. The van der Waals surface area contributed by atoms with E-state index in [9.17, 15) is 10.1 Å². The van der Waals surface area contributed by atoms with Crippen LogP contribution in [-0.4, -0.2) is 4.92 Å². The lowest BCUT2D eigenvalue weighted by Gasteiger charge is -2.01. The number of para-hydroxylation sites is 1. The average Bonchev–Trinajstić information content (AvgIpc) is 2.03. The number of nitrogens with zero attached hydrogens (tertiary/aromatic N) is 1. The van der Waals surface area contributed by atoms with Crippen molar-refractivity contribution in [3.8, 4) is 0 Å². The van der Waals surface area contributed by atoms with Crippen LogP contribution in [-0.2, 0) is 0 Å². The number of nitro benzene ring substituents is 1. The van der Waals surface area contributed by atoms with Crippen molar-refractivity contribution in [3.05, 3.63) is 31.9 Å². The molecule has 0 unspecified atom stereocenters. The Bertz CT molecular complexity index is 318. The van der Waals surface area contributed by atoms with Crippen LogP contribution in [0.2, 0.25) is 0 Å². The average molecular weight is 343 g/mol. The summed E-state index contributed by atoms with van der Waals surface area (Å²) in [6.45, 7) is 0. The van der Waals surface area contributed by atoms with Crippen molar-refractivity contribution in [1.82, 2.24) is 0 Å². The molecule has 1 aromatic carbocycles. The second kappa shape index (κ2) is 4.04. The molecule has 1 rings (SSSR count). The Balaban J connectivity index is 3.27. The molecule has 0 aromatic heterocycles. The lowest BCUT2D eigenvalue weighted by atomic mass is 10.3. The molecule has 0 saturated carbocycles. The Morgan fingerprint density at radius 1 is 1.58 bits per heavy atom. The van der Waals surface area contributed by atoms with Crippen molar-refractivity contribution in [2.45, 2.75) is 0 Å². The van der Waals surface area contributed by atoms with Crippen LogP contribution in [0.1, 0.15) is 0 Å². The van der Waals surface area contributed by atoms with Gasteiger partial charge in [0.1, 0.15) is 5.69 Å². The molecule has 0 spiro atoms. The van der Waals surface area contributed by atoms with Gasteiger partial charge in [-0.25, -0.2) is 0 Å². The van der Waals surface area contributed by atoms with Gasteiger partial charge in [-0.1, -0.05) is 6.07 Å². The van der Waals surface area contributed by atoms with Crippen LogP contribution >= 0.6 is 38.7 Å². The summed E-state index contributed by atoms with van der Waals surface area (Å²) >= 11 is 4.99. The van der Waals surface area contributed by atoms with E-state index in [0.717, 1.165) is 3.57 Å². The largest absolute Gasteiger partial charge is 0.316 e. The molecule has 4 nitrogen and oxygen atoms in total. The molecule has 0 aliphatic rings. The fourth-order valence-electron chi connectivity index (χ4n) is 0.758. The summed E-state index contributed by atoms with van der Waals surface area (Å²) in [6, 6.07) is 4.89. The summed E-state index contributed by atoms with van der Waals surface area (Å²) in [6.07, 6.45) is 0. The summed E-state index contributed by atoms with van der Waals surface area (Å²) in [5, 5.41) is 10.5.